The summed E-state index contributed by atoms with van der Waals surface area (Å²) < 4.78 is 5.60. The van der Waals surface area contributed by atoms with E-state index in [4.69, 9.17) is 4.42 Å². The van der Waals surface area contributed by atoms with Gasteiger partial charge >= 0.3 is 6.03 Å². The zero-order valence-electron chi connectivity index (χ0n) is 13.7. The van der Waals surface area contributed by atoms with Crippen LogP contribution in [0.5, 0.6) is 0 Å². The van der Waals surface area contributed by atoms with E-state index in [0.717, 1.165) is 5.69 Å². The molecule has 0 bridgehead atoms. The molecule has 4 rings (SSSR count). The lowest BCUT2D eigenvalue weighted by Gasteiger charge is -2.03. The van der Waals surface area contributed by atoms with Crippen molar-refractivity contribution in [2.24, 2.45) is 0 Å². The van der Waals surface area contributed by atoms with Gasteiger partial charge in [0.25, 0.3) is 5.91 Å². The zero-order chi connectivity index (χ0) is 17.8. The van der Waals surface area contributed by atoms with Crippen LogP contribution in [-0.2, 0) is 4.79 Å². The molecule has 25 heavy (non-hydrogen) atoms. The second-order valence-electron chi connectivity index (χ2n) is 4.99. The average Bonchev–Trinajstić information content (AvgIpc) is 3.19. The van der Waals surface area contributed by atoms with Crippen molar-refractivity contribution in [1.82, 2.24) is 20.6 Å². The topological polar surface area (TPSA) is 109 Å². The van der Waals surface area contributed by atoms with Gasteiger partial charge in [0.2, 0.25) is 0 Å². The zero-order valence-corrected chi connectivity index (χ0v) is 13.7. The Bertz CT molecular complexity index is 907. The fourth-order valence-corrected chi connectivity index (χ4v) is 2.36. The maximum Gasteiger partial charge on any atom is 0.322 e. The monoisotopic (exact) mass is 339 g/mol. The van der Waals surface area contributed by atoms with Gasteiger partial charge < -0.3 is 15.1 Å². The summed E-state index contributed by atoms with van der Waals surface area (Å²) in [7, 11) is 0. The van der Waals surface area contributed by atoms with E-state index in [2.05, 4.69) is 25.9 Å². The number of anilines is 2. The van der Waals surface area contributed by atoms with E-state index in [-0.39, 0.29) is 0 Å². The van der Waals surface area contributed by atoms with E-state index in [0.29, 0.717) is 22.7 Å². The average molecular weight is 339 g/mol. The van der Waals surface area contributed by atoms with E-state index < -0.39 is 18.0 Å². The van der Waals surface area contributed by atoms with Crippen LogP contribution in [0, 0.1) is 0 Å². The first-order valence-corrected chi connectivity index (χ1v) is 7.88. The normalized spacial score (nSPS) is 16.0. The Morgan fingerprint density at radius 3 is 2.72 bits per heavy atom. The van der Waals surface area contributed by atoms with Gasteiger partial charge in [0.15, 0.2) is 11.6 Å². The highest BCUT2D eigenvalue weighted by molar-refractivity contribution is 6.04. The van der Waals surface area contributed by atoms with Gasteiger partial charge in [-0.3, -0.25) is 15.1 Å². The molecule has 0 radical (unpaired) electrons. The number of amides is 3. The Labute approximate surface area is 143 Å². The maximum atomic E-state index is 11.7. The highest BCUT2D eigenvalue weighted by Crippen LogP contribution is 2.26. The van der Waals surface area contributed by atoms with Crippen molar-refractivity contribution in [3.8, 4) is 0 Å². The van der Waals surface area contributed by atoms with Crippen LogP contribution in [-0.4, -0.2) is 21.9 Å². The van der Waals surface area contributed by atoms with Gasteiger partial charge in [-0.25, -0.2) is 9.78 Å². The van der Waals surface area contributed by atoms with Gasteiger partial charge in [0.05, 0.1) is 11.9 Å². The summed E-state index contributed by atoms with van der Waals surface area (Å²) in [6, 6.07) is 7.48. The third-order valence-corrected chi connectivity index (χ3v) is 3.39. The molecular formula is C17H17N5O3. The third-order valence-electron chi connectivity index (χ3n) is 3.39. The van der Waals surface area contributed by atoms with Gasteiger partial charge in [0, 0.05) is 12.3 Å². The van der Waals surface area contributed by atoms with Crippen LogP contribution in [0.15, 0.2) is 47.1 Å². The predicted molar refractivity (Wildman–Crippen MR) is 92.3 cm³/mol. The van der Waals surface area contributed by atoms with Crippen LogP contribution < -0.4 is 16.0 Å². The van der Waals surface area contributed by atoms with Gasteiger partial charge in [-0.1, -0.05) is 13.8 Å². The fourth-order valence-electron chi connectivity index (χ4n) is 2.36. The molecule has 8 nitrogen and oxygen atoms in total. The summed E-state index contributed by atoms with van der Waals surface area (Å²) in [6.07, 6.45) is 3.37. The lowest BCUT2D eigenvalue weighted by molar-refractivity contribution is -0.120. The van der Waals surface area contributed by atoms with E-state index in [1.165, 1.54) is 0 Å². The van der Waals surface area contributed by atoms with Crippen molar-refractivity contribution in [3.63, 3.8) is 0 Å². The molecule has 0 spiro atoms. The highest BCUT2D eigenvalue weighted by Gasteiger charge is 2.33. The Kier molecular flexibility index (Phi) is 4.60. The number of furan rings is 1. The van der Waals surface area contributed by atoms with Crippen LogP contribution >= 0.6 is 0 Å². The van der Waals surface area contributed by atoms with E-state index >= 15 is 0 Å². The first kappa shape index (κ1) is 16.4. The predicted octanol–water partition coefficient (Wildman–Crippen LogP) is 2.87. The lowest BCUT2D eigenvalue weighted by atomic mass is 10.2. The molecule has 0 saturated carbocycles. The van der Waals surface area contributed by atoms with Crippen molar-refractivity contribution >= 4 is 34.5 Å². The minimum Gasteiger partial charge on any atom is -0.457 e. The van der Waals surface area contributed by atoms with Crippen LogP contribution in [0.2, 0.25) is 0 Å². The van der Waals surface area contributed by atoms with Gasteiger partial charge in [-0.2, -0.15) is 0 Å². The van der Waals surface area contributed by atoms with E-state index in [1.54, 1.807) is 30.6 Å². The third kappa shape index (κ3) is 3.42. The van der Waals surface area contributed by atoms with Crippen molar-refractivity contribution < 1.29 is 14.0 Å². The van der Waals surface area contributed by atoms with Crippen molar-refractivity contribution in [2.75, 3.05) is 5.32 Å². The molecule has 0 aliphatic carbocycles. The number of nitrogens with zero attached hydrogens (tertiary/aromatic N) is 2. The molecule has 3 amide bonds. The maximum absolute atomic E-state index is 11.7. The molecule has 3 aromatic rings. The summed E-state index contributed by atoms with van der Waals surface area (Å²) in [4.78, 5) is 31.3. The minimum absolute atomic E-state index is 0.342. The summed E-state index contributed by atoms with van der Waals surface area (Å²) in [5, 5.41) is 7.78. The number of urea groups is 1. The van der Waals surface area contributed by atoms with Gasteiger partial charge in [-0.05, 0) is 24.3 Å². The molecule has 0 aromatic carbocycles. The smallest absolute Gasteiger partial charge is 0.322 e. The summed E-state index contributed by atoms with van der Waals surface area (Å²) in [5.74, 6) is 0.523. The molecule has 1 fully saturated rings. The Morgan fingerprint density at radius 2 is 2.04 bits per heavy atom. The van der Waals surface area contributed by atoms with Crippen LogP contribution in [0.1, 0.15) is 25.6 Å². The molecule has 1 aliphatic rings. The fraction of sp³-hybridized carbons (Fsp3) is 0.176. The number of imide groups is 1. The second-order valence-corrected chi connectivity index (χ2v) is 4.99. The van der Waals surface area contributed by atoms with Crippen LogP contribution in [0.4, 0.5) is 16.3 Å². The number of fused-ring (bicyclic) bond motifs is 1. The first-order chi connectivity index (χ1) is 12.2. The Morgan fingerprint density at radius 1 is 1.20 bits per heavy atom. The van der Waals surface area contributed by atoms with Crippen molar-refractivity contribution in [2.45, 2.75) is 19.9 Å². The number of aromatic nitrogens is 2. The molecular weight excluding hydrogens is 322 g/mol. The number of rotatable bonds is 3. The van der Waals surface area contributed by atoms with Crippen LogP contribution in [0.3, 0.4) is 0 Å². The number of hydrogen-bond donors (Lipinski definition) is 3. The quantitative estimate of drug-likeness (QED) is 0.633. The number of hydrogen-bond acceptors (Lipinski definition) is 6. The molecule has 4 heterocycles. The summed E-state index contributed by atoms with van der Waals surface area (Å²) >= 11 is 0. The molecule has 8 heteroatoms. The summed E-state index contributed by atoms with van der Waals surface area (Å²) in [5.41, 5.74) is 1.93. The van der Waals surface area contributed by atoms with Gasteiger partial charge in [0.1, 0.15) is 17.1 Å². The SMILES string of the molecule is CC.O=C1NC(=O)C(c2cc3nc(Nc4cccnc4)ccc3o2)N1. The molecule has 1 atom stereocenters. The van der Waals surface area contributed by atoms with Crippen LogP contribution in [0.25, 0.3) is 11.1 Å². The van der Waals surface area contributed by atoms with E-state index in [1.807, 2.05) is 26.0 Å². The molecule has 1 aliphatic heterocycles. The highest BCUT2D eigenvalue weighted by atomic mass is 16.3. The van der Waals surface area contributed by atoms with Crippen molar-refractivity contribution in [3.05, 3.63) is 48.5 Å². The molecule has 1 unspecified atom stereocenters. The molecule has 3 aromatic heterocycles. The minimum atomic E-state index is -0.827. The number of carbonyl (C=O) groups excluding carboxylic acids is 2. The standard InChI is InChI=1S/C15H11N5O3.C2H6/c21-14-13(19-15(22)20-14)11-6-9-10(23-11)3-4-12(18-9)17-8-2-1-5-16-7-8;1-2/h1-7,13H,(H,17,18)(H2,19,20,21,22);1-2H3. The Balaban J connectivity index is 0.000000880. The Hall–Kier alpha value is -3.42. The molecule has 1 saturated heterocycles. The summed E-state index contributed by atoms with van der Waals surface area (Å²) in [6.45, 7) is 4.00. The van der Waals surface area contributed by atoms with Gasteiger partial charge in [-0.15, -0.1) is 0 Å². The lowest BCUT2D eigenvalue weighted by Crippen LogP contribution is -2.22. The van der Waals surface area contributed by atoms with Crippen molar-refractivity contribution in [1.29, 1.82) is 0 Å². The first-order valence-electron chi connectivity index (χ1n) is 7.88. The molecule has 128 valence electrons. The number of pyridine rings is 2. The number of carbonyl (C=O) groups is 2. The largest absolute Gasteiger partial charge is 0.457 e. The number of nitrogens with one attached hydrogen (secondary N) is 3. The molecule has 3 N–H and O–H groups in total. The van der Waals surface area contributed by atoms with E-state index in [9.17, 15) is 9.59 Å². The second kappa shape index (κ2) is 7.00.